The third kappa shape index (κ3) is 2.87. The van der Waals surface area contributed by atoms with Crippen molar-refractivity contribution < 1.29 is 0 Å². The van der Waals surface area contributed by atoms with Gasteiger partial charge >= 0.3 is 0 Å². The fourth-order valence-electron chi connectivity index (χ4n) is 3.45. The molecule has 136 valence electrons. The molecule has 0 aromatic carbocycles. The highest BCUT2D eigenvalue weighted by Crippen LogP contribution is 2.38. The Kier molecular flexibility index (Phi) is 3.70. The summed E-state index contributed by atoms with van der Waals surface area (Å²) in [6.07, 6.45) is 7.26. The summed E-state index contributed by atoms with van der Waals surface area (Å²) in [5, 5.41) is 9.02. The Hall–Kier alpha value is -3.16. The minimum Gasteiger partial charge on any atom is -0.237 e. The van der Waals surface area contributed by atoms with Crippen molar-refractivity contribution in [3.8, 4) is 5.82 Å². The van der Waals surface area contributed by atoms with E-state index in [1.807, 2.05) is 29.8 Å². The van der Waals surface area contributed by atoms with E-state index in [1.165, 1.54) is 24.7 Å². The molecule has 0 unspecified atom stereocenters. The monoisotopic (exact) mass is 360 g/mol. The van der Waals surface area contributed by atoms with Crippen LogP contribution >= 0.6 is 0 Å². The van der Waals surface area contributed by atoms with E-state index in [0.29, 0.717) is 11.7 Å². The summed E-state index contributed by atoms with van der Waals surface area (Å²) >= 11 is 0. The Morgan fingerprint density at radius 1 is 1.07 bits per heavy atom. The minimum atomic E-state index is 0.505. The molecule has 0 N–H and O–H groups in total. The van der Waals surface area contributed by atoms with Crippen LogP contribution in [0.25, 0.3) is 11.6 Å². The highest BCUT2D eigenvalue weighted by Gasteiger charge is 2.29. The molecule has 0 amide bonds. The van der Waals surface area contributed by atoms with Crippen molar-refractivity contribution in [3.63, 3.8) is 0 Å². The number of rotatable bonds is 5. The summed E-state index contributed by atoms with van der Waals surface area (Å²) in [5.41, 5.74) is 3.23. The van der Waals surface area contributed by atoms with Crippen LogP contribution in [0.5, 0.6) is 0 Å². The Morgan fingerprint density at radius 2 is 1.96 bits per heavy atom. The zero-order valence-electron chi connectivity index (χ0n) is 15.4. The summed E-state index contributed by atoms with van der Waals surface area (Å²) in [4.78, 5) is 18.0. The van der Waals surface area contributed by atoms with E-state index in [2.05, 4.69) is 27.0 Å². The van der Waals surface area contributed by atoms with Crippen molar-refractivity contribution in [1.29, 1.82) is 0 Å². The van der Waals surface area contributed by atoms with Gasteiger partial charge in [-0.15, -0.1) is 5.10 Å². The van der Waals surface area contributed by atoms with E-state index in [-0.39, 0.29) is 0 Å². The number of nitrogens with zero attached hydrogens (tertiary/aromatic N) is 8. The summed E-state index contributed by atoms with van der Waals surface area (Å²) in [6.45, 7) is 4.08. The second-order valence-corrected chi connectivity index (χ2v) is 6.99. The van der Waals surface area contributed by atoms with Crippen molar-refractivity contribution in [2.45, 2.75) is 45.4 Å². The van der Waals surface area contributed by atoms with Gasteiger partial charge in [-0.3, -0.25) is 0 Å². The standard InChI is InChI=1S/C19H20N8/c1-12-15(13(2)26-19(23-12)21-11-22-26)8-9-17-24-18(14-6-7-14)25-27(17)16-5-3-4-10-20-16/h3-5,10-11,14H,6-9H2,1-2H3. The largest absolute Gasteiger partial charge is 0.252 e. The Labute approximate surface area is 156 Å². The molecule has 8 nitrogen and oxygen atoms in total. The summed E-state index contributed by atoms with van der Waals surface area (Å²) in [5.74, 6) is 3.83. The van der Waals surface area contributed by atoms with Crippen LogP contribution in [-0.2, 0) is 12.8 Å². The SMILES string of the molecule is Cc1nc2ncnn2c(C)c1CCc1nc(C2CC2)nn1-c1ccccn1. The lowest BCUT2D eigenvalue weighted by molar-refractivity contribution is 0.736. The topological polar surface area (TPSA) is 86.7 Å². The van der Waals surface area contributed by atoms with Gasteiger partial charge in [-0.25, -0.2) is 19.5 Å². The zero-order chi connectivity index (χ0) is 18.4. The molecule has 1 saturated carbocycles. The average molecular weight is 360 g/mol. The molecule has 0 radical (unpaired) electrons. The average Bonchev–Trinajstić information content (AvgIpc) is 3.27. The zero-order valence-corrected chi connectivity index (χ0v) is 15.4. The van der Waals surface area contributed by atoms with Crippen molar-refractivity contribution >= 4 is 5.78 Å². The molecule has 0 atom stereocenters. The molecular weight excluding hydrogens is 340 g/mol. The molecule has 8 heteroatoms. The van der Waals surface area contributed by atoms with E-state index in [1.54, 1.807) is 10.7 Å². The van der Waals surface area contributed by atoms with Crippen molar-refractivity contribution in [1.82, 2.24) is 39.3 Å². The van der Waals surface area contributed by atoms with E-state index in [9.17, 15) is 0 Å². The number of fused-ring (bicyclic) bond motifs is 1. The van der Waals surface area contributed by atoms with Crippen LogP contribution in [0.15, 0.2) is 30.7 Å². The van der Waals surface area contributed by atoms with Crippen molar-refractivity contribution in [2.24, 2.45) is 0 Å². The van der Waals surface area contributed by atoms with Gasteiger partial charge in [0.15, 0.2) is 11.6 Å². The van der Waals surface area contributed by atoms with Crippen LogP contribution in [0.3, 0.4) is 0 Å². The lowest BCUT2D eigenvalue weighted by atomic mass is 10.1. The quantitative estimate of drug-likeness (QED) is 0.543. The maximum atomic E-state index is 4.83. The van der Waals surface area contributed by atoms with Crippen molar-refractivity contribution in [3.05, 3.63) is 59.3 Å². The van der Waals surface area contributed by atoms with Gasteiger partial charge in [0.1, 0.15) is 12.2 Å². The molecular formula is C19H20N8. The number of hydrogen-bond donors (Lipinski definition) is 0. The molecule has 1 fully saturated rings. The third-order valence-corrected chi connectivity index (χ3v) is 5.09. The predicted molar refractivity (Wildman–Crippen MR) is 98.8 cm³/mol. The molecule has 27 heavy (non-hydrogen) atoms. The molecule has 4 heterocycles. The number of aromatic nitrogens is 8. The Bertz CT molecular complexity index is 1110. The molecule has 4 aromatic rings. The lowest BCUT2D eigenvalue weighted by Crippen LogP contribution is -2.10. The van der Waals surface area contributed by atoms with E-state index in [0.717, 1.165) is 41.7 Å². The fraction of sp³-hybridized carbons (Fsp3) is 0.368. The van der Waals surface area contributed by atoms with E-state index < -0.39 is 0 Å². The molecule has 0 bridgehead atoms. The first kappa shape index (κ1) is 16.0. The Balaban J connectivity index is 1.49. The van der Waals surface area contributed by atoms with Gasteiger partial charge in [0.2, 0.25) is 0 Å². The summed E-state index contributed by atoms with van der Waals surface area (Å²) < 4.78 is 3.68. The van der Waals surface area contributed by atoms with Crippen LogP contribution < -0.4 is 0 Å². The second kappa shape index (κ2) is 6.22. The molecule has 1 aliphatic carbocycles. The summed E-state index contributed by atoms with van der Waals surface area (Å²) in [7, 11) is 0. The van der Waals surface area contributed by atoms with Gasteiger partial charge in [0, 0.05) is 29.9 Å². The second-order valence-electron chi connectivity index (χ2n) is 6.99. The highest BCUT2D eigenvalue weighted by molar-refractivity contribution is 5.36. The molecule has 5 rings (SSSR count). The number of pyridine rings is 1. The lowest BCUT2D eigenvalue weighted by Gasteiger charge is -2.10. The van der Waals surface area contributed by atoms with Crippen LogP contribution in [0, 0.1) is 13.8 Å². The molecule has 4 aromatic heterocycles. The maximum absolute atomic E-state index is 4.83. The first-order valence-electron chi connectivity index (χ1n) is 9.24. The Morgan fingerprint density at radius 3 is 2.74 bits per heavy atom. The highest BCUT2D eigenvalue weighted by atomic mass is 15.4. The molecule has 0 spiro atoms. The van der Waals surface area contributed by atoms with Crippen LogP contribution in [-0.4, -0.2) is 39.3 Å². The van der Waals surface area contributed by atoms with Gasteiger partial charge in [-0.05, 0) is 50.8 Å². The number of hydrogen-bond acceptors (Lipinski definition) is 6. The smallest absolute Gasteiger partial charge is 0.237 e. The van der Waals surface area contributed by atoms with Gasteiger partial charge in [0.05, 0.1) is 0 Å². The van der Waals surface area contributed by atoms with Gasteiger partial charge in [-0.1, -0.05) is 6.07 Å². The van der Waals surface area contributed by atoms with Crippen LogP contribution in [0.2, 0.25) is 0 Å². The van der Waals surface area contributed by atoms with E-state index >= 15 is 0 Å². The molecule has 1 aliphatic rings. The van der Waals surface area contributed by atoms with Crippen LogP contribution in [0.1, 0.15) is 47.4 Å². The molecule has 0 aliphatic heterocycles. The van der Waals surface area contributed by atoms with Gasteiger partial charge in [-0.2, -0.15) is 14.8 Å². The van der Waals surface area contributed by atoms with E-state index in [4.69, 9.17) is 10.1 Å². The maximum Gasteiger partial charge on any atom is 0.252 e. The van der Waals surface area contributed by atoms with Crippen LogP contribution in [0.4, 0.5) is 0 Å². The summed E-state index contributed by atoms with van der Waals surface area (Å²) in [6, 6.07) is 5.85. The molecule has 0 saturated heterocycles. The predicted octanol–water partition coefficient (Wildman–Crippen LogP) is 2.38. The third-order valence-electron chi connectivity index (χ3n) is 5.09. The van der Waals surface area contributed by atoms with Gasteiger partial charge < -0.3 is 0 Å². The first-order chi connectivity index (χ1) is 13.2. The fourth-order valence-corrected chi connectivity index (χ4v) is 3.45. The number of aryl methyl sites for hydroxylation is 3. The van der Waals surface area contributed by atoms with Gasteiger partial charge in [0.25, 0.3) is 5.78 Å². The minimum absolute atomic E-state index is 0.505. The first-order valence-corrected chi connectivity index (χ1v) is 9.24. The van der Waals surface area contributed by atoms with Crippen molar-refractivity contribution in [2.75, 3.05) is 0 Å². The normalized spacial score (nSPS) is 14.1.